The number of likely N-dealkylation sites (tertiary alicyclic amines) is 1. The summed E-state index contributed by atoms with van der Waals surface area (Å²) in [5, 5.41) is 8.26. The molecule has 0 spiro atoms. The van der Waals surface area contributed by atoms with Crippen molar-refractivity contribution in [1.29, 1.82) is 0 Å². The Morgan fingerprint density at radius 1 is 1.62 bits per heavy atom. The number of nitrogens with zero attached hydrogens (tertiary/aromatic N) is 2. The molecule has 0 aliphatic carbocycles. The molecule has 116 valence electrons. The van der Waals surface area contributed by atoms with Gasteiger partial charge in [0.2, 0.25) is 5.91 Å². The Kier molecular flexibility index (Phi) is 5.17. The Bertz CT molecular complexity index is 517. The monoisotopic (exact) mass is 310 g/mol. The summed E-state index contributed by atoms with van der Waals surface area (Å²) in [6, 6.07) is -0.255. The van der Waals surface area contributed by atoms with Crippen LogP contribution in [0, 0.1) is 0 Å². The Morgan fingerprint density at radius 2 is 2.38 bits per heavy atom. The standard InChI is InChI=1S/C14H22N4O2S/c1-4-9(2)11-8-21-14(16-11)17-13(20)15-10-5-6-12(19)18(3)7-10/h8-10H,4-7H2,1-3H3,(H2,15,16,17,20)/t9-,10-/m1/s1. The van der Waals surface area contributed by atoms with Crippen LogP contribution in [-0.2, 0) is 4.79 Å². The van der Waals surface area contributed by atoms with Gasteiger partial charge in [0.25, 0.3) is 0 Å². The lowest BCUT2D eigenvalue weighted by atomic mass is 10.1. The zero-order valence-corrected chi connectivity index (χ0v) is 13.5. The van der Waals surface area contributed by atoms with Crippen LogP contribution in [0.5, 0.6) is 0 Å². The first-order valence-corrected chi connectivity index (χ1v) is 8.14. The molecule has 0 bridgehead atoms. The highest BCUT2D eigenvalue weighted by Crippen LogP contribution is 2.23. The van der Waals surface area contributed by atoms with Crippen molar-refractivity contribution >= 4 is 28.4 Å². The summed E-state index contributed by atoms with van der Waals surface area (Å²) in [7, 11) is 1.76. The van der Waals surface area contributed by atoms with Crippen LogP contribution in [0.1, 0.15) is 44.7 Å². The van der Waals surface area contributed by atoms with Crippen LogP contribution in [0.3, 0.4) is 0 Å². The van der Waals surface area contributed by atoms with Gasteiger partial charge in [-0.25, -0.2) is 9.78 Å². The predicted octanol–water partition coefficient (Wildman–Crippen LogP) is 2.40. The number of hydrogen-bond donors (Lipinski definition) is 2. The van der Waals surface area contributed by atoms with Crippen molar-refractivity contribution in [3.05, 3.63) is 11.1 Å². The molecule has 2 heterocycles. The molecule has 2 rings (SSSR count). The van der Waals surface area contributed by atoms with Gasteiger partial charge in [-0.05, 0) is 18.8 Å². The topological polar surface area (TPSA) is 74.3 Å². The number of nitrogens with one attached hydrogen (secondary N) is 2. The summed E-state index contributed by atoms with van der Waals surface area (Å²) in [6.07, 6.45) is 2.20. The molecule has 1 aromatic heterocycles. The maximum Gasteiger partial charge on any atom is 0.321 e. The number of urea groups is 1. The van der Waals surface area contributed by atoms with Gasteiger partial charge >= 0.3 is 6.03 Å². The largest absolute Gasteiger partial charge is 0.344 e. The highest BCUT2D eigenvalue weighted by Gasteiger charge is 2.24. The van der Waals surface area contributed by atoms with Gasteiger partial charge in [-0.3, -0.25) is 10.1 Å². The van der Waals surface area contributed by atoms with E-state index in [2.05, 4.69) is 29.5 Å². The lowest BCUT2D eigenvalue weighted by molar-refractivity contribution is -0.132. The number of carbonyl (C=O) groups is 2. The van der Waals surface area contributed by atoms with Gasteiger partial charge in [0.15, 0.2) is 5.13 Å². The molecule has 2 N–H and O–H groups in total. The number of piperidine rings is 1. The van der Waals surface area contributed by atoms with Crippen molar-refractivity contribution in [2.75, 3.05) is 18.9 Å². The Morgan fingerprint density at radius 3 is 3.05 bits per heavy atom. The van der Waals surface area contributed by atoms with Crippen molar-refractivity contribution in [3.8, 4) is 0 Å². The first-order valence-electron chi connectivity index (χ1n) is 7.26. The molecule has 21 heavy (non-hydrogen) atoms. The molecule has 0 saturated carbocycles. The van der Waals surface area contributed by atoms with Crippen LogP contribution in [0.15, 0.2) is 5.38 Å². The second-order valence-corrected chi connectivity index (χ2v) is 6.35. The van der Waals surface area contributed by atoms with Crippen molar-refractivity contribution < 1.29 is 9.59 Å². The minimum atomic E-state index is -0.257. The van der Waals surface area contributed by atoms with Crippen LogP contribution in [-0.4, -0.2) is 41.5 Å². The van der Waals surface area contributed by atoms with E-state index in [-0.39, 0.29) is 18.0 Å². The fourth-order valence-electron chi connectivity index (χ4n) is 2.23. The fraction of sp³-hybridized carbons (Fsp3) is 0.643. The highest BCUT2D eigenvalue weighted by atomic mass is 32.1. The van der Waals surface area contributed by atoms with Gasteiger partial charge < -0.3 is 10.2 Å². The van der Waals surface area contributed by atoms with Crippen LogP contribution >= 0.6 is 11.3 Å². The SMILES string of the molecule is CC[C@@H](C)c1csc(NC(=O)N[C@@H]2CCC(=O)N(C)C2)n1. The zero-order chi connectivity index (χ0) is 15.4. The van der Waals surface area contributed by atoms with Crippen LogP contribution in [0.4, 0.5) is 9.93 Å². The Balaban J connectivity index is 1.84. The number of thiazole rings is 1. The molecule has 1 aliphatic rings. The predicted molar refractivity (Wildman–Crippen MR) is 83.6 cm³/mol. The molecule has 0 unspecified atom stereocenters. The quantitative estimate of drug-likeness (QED) is 0.897. The van der Waals surface area contributed by atoms with E-state index in [1.165, 1.54) is 11.3 Å². The van der Waals surface area contributed by atoms with Gasteiger partial charge in [-0.1, -0.05) is 13.8 Å². The van der Waals surface area contributed by atoms with E-state index >= 15 is 0 Å². The summed E-state index contributed by atoms with van der Waals surface area (Å²) < 4.78 is 0. The summed E-state index contributed by atoms with van der Waals surface area (Å²) in [4.78, 5) is 29.4. The molecule has 1 saturated heterocycles. The van der Waals surface area contributed by atoms with E-state index in [1.807, 2.05) is 5.38 Å². The van der Waals surface area contributed by atoms with Gasteiger partial charge in [0.1, 0.15) is 0 Å². The number of hydrogen-bond acceptors (Lipinski definition) is 4. The summed E-state index contributed by atoms with van der Waals surface area (Å²) in [6.45, 7) is 4.79. The van der Waals surface area contributed by atoms with Crippen LogP contribution in [0.25, 0.3) is 0 Å². The van der Waals surface area contributed by atoms with Crippen molar-refractivity contribution in [1.82, 2.24) is 15.2 Å². The number of carbonyl (C=O) groups excluding carboxylic acids is 2. The molecule has 2 atom stereocenters. The number of rotatable bonds is 4. The molecule has 0 aromatic carbocycles. The lowest BCUT2D eigenvalue weighted by Gasteiger charge is -2.29. The Hall–Kier alpha value is -1.63. The third-order valence-corrected chi connectivity index (χ3v) is 4.60. The summed E-state index contributed by atoms with van der Waals surface area (Å²) >= 11 is 1.44. The number of likely N-dealkylation sites (N-methyl/N-ethyl adjacent to an activating group) is 1. The van der Waals surface area contributed by atoms with E-state index in [9.17, 15) is 9.59 Å². The Labute approximate surface area is 128 Å². The molecule has 0 radical (unpaired) electrons. The van der Waals surface area contributed by atoms with E-state index in [0.717, 1.165) is 12.1 Å². The average Bonchev–Trinajstić information content (AvgIpc) is 2.90. The van der Waals surface area contributed by atoms with Crippen molar-refractivity contribution in [3.63, 3.8) is 0 Å². The maximum atomic E-state index is 12.0. The third kappa shape index (κ3) is 4.17. The second-order valence-electron chi connectivity index (χ2n) is 5.50. The molecule has 1 aliphatic heterocycles. The molecule has 6 nitrogen and oxygen atoms in total. The van der Waals surface area contributed by atoms with E-state index < -0.39 is 0 Å². The van der Waals surface area contributed by atoms with Gasteiger partial charge in [0.05, 0.1) is 5.69 Å². The number of aromatic nitrogens is 1. The van der Waals surface area contributed by atoms with E-state index in [1.54, 1.807) is 11.9 Å². The van der Waals surface area contributed by atoms with E-state index in [4.69, 9.17) is 0 Å². The molecular formula is C14H22N4O2S. The minimum Gasteiger partial charge on any atom is -0.344 e. The van der Waals surface area contributed by atoms with Crippen molar-refractivity contribution in [2.45, 2.75) is 45.1 Å². The summed E-state index contributed by atoms with van der Waals surface area (Å²) in [5.74, 6) is 0.532. The smallest absolute Gasteiger partial charge is 0.321 e. The third-order valence-electron chi connectivity index (χ3n) is 3.82. The molecule has 1 aromatic rings. The number of anilines is 1. The van der Waals surface area contributed by atoms with Crippen LogP contribution < -0.4 is 10.6 Å². The normalized spacial score (nSPS) is 20.2. The highest BCUT2D eigenvalue weighted by molar-refractivity contribution is 7.13. The van der Waals surface area contributed by atoms with Crippen molar-refractivity contribution in [2.24, 2.45) is 0 Å². The average molecular weight is 310 g/mol. The maximum absolute atomic E-state index is 12.0. The van der Waals surface area contributed by atoms with Gasteiger partial charge in [-0.2, -0.15) is 0 Å². The minimum absolute atomic E-state index is 0.00157. The molecular weight excluding hydrogens is 288 g/mol. The first-order chi connectivity index (χ1) is 9.99. The fourth-order valence-corrected chi connectivity index (χ4v) is 3.05. The summed E-state index contributed by atoms with van der Waals surface area (Å²) in [5.41, 5.74) is 1.01. The number of amides is 3. The van der Waals surface area contributed by atoms with Gasteiger partial charge in [-0.15, -0.1) is 11.3 Å². The second kappa shape index (κ2) is 6.89. The van der Waals surface area contributed by atoms with E-state index in [0.29, 0.717) is 30.4 Å². The van der Waals surface area contributed by atoms with Gasteiger partial charge in [0, 0.05) is 31.4 Å². The lowest BCUT2D eigenvalue weighted by Crippen LogP contribution is -2.49. The molecule has 1 fully saturated rings. The molecule has 3 amide bonds. The zero-order valence-electron chi connectivity index (χ0n) is 12.7. The first kappa shape index (κ1) is 15.8. The molecule has 7 heteroatoms. The van der Waals surface area contributed by atoms with Crippen LogP contribution in [0.2, 0.25) is 0 Å².